The van der Waals surface area contributed by atoms with Crippen LogP contribution in [0.3, 0.4) is 0 Å². The van der Waals surface area contributed by atoms with E-state index in [0.29, 0.717) is 26.2 Å². The smallest absolute Gasteiger partial charge is 0.246 e. The molecule has 2 aliphatic heterocycles. The Morgan fingerprint density at radius 1 is 1.22 bits per heavy atom. The van der Waals surface area contributed by atoms with E-state index in [9.17, 15) is 9.90 Å². The van der Waals surface area contributed by atoms with Gasteiger partial charge in [-0.25, -0.2) is 0 Å². The van der Waals surface area contributed by atoms with Gasteiger partial charge in [0.15, 0.2) is 0 Å². The van der Waals surface area contributed by atoms with Crippen LogP contribution in [-0.4, -0.2) is 35.6 Å². The fraction of sp³-hybridized carbons (Fsp3) is 0.318. The zero-order valence-electron chi connectivity index (χ0n) is 15.2. The number of carbonyl (C=O) groups is 1. The number of hydrogen-bond donors (Lipinski definition) is 2. The Bertz CT molecular complexity index is 883. The van der Waals surface area contributed by atoms with Crippen molar-refractivity contribution in [3.8, 4) is 11.5 Å². The number of carbonyl (C=O) groups excluding carboxylic acids is 1. The van der Waals surface area contributed by atoms with Gasteiger partial charge in [0.1, 0.15) is 11.5 Å². The molecule has 2 heterocycles. The van der Waals surface area contributed by atoms with Crippen molar-refractivity contribution in [2.45, 2.75) is 24.8 Å². The normalized spacial score (nSPS) is 17.9. The standard InChI is InChI=1S/C22H24N2O3/c23-14-17-4-6-20-19(13-17)22(15-27-20)8-10-24(11-9-22)21(26)7-5-16-2-1-3-18(25)12-16/h1-7,12-13,25H,8-11,14-15,23H2/b7-5+. The lowest BCUT2D eigenvalue weighted by Crippen LogP contribution is -2.45. The molecule has 0 unspecified atom stereocenters. The van der Waals surface area contributed by atoms with E-state index in [1.807, 2.05) is 23.1 Å². The molecule has 0 radical (unpaired) electrons. The van der Waals surface area contributed by atoms with Crippen molar-refractivity contribution in [2.75, 3.05) is 19.7 Å². The van der Waals surface area contributed by atoms with E-state index in [1.165, 1.54) is 5.56 Å². The predicted molar refractivity (Wildman–Crippen MR) is 104 cm³/mol. The molecule has 0 bridgehead atoms. The summed E-state index contributed by atoms with van der Waals surface area (Å²) in [6.45, 7) is 2.61. The molecule has 140 valence electrons. The van der Waals surface area contributed by atoms with Gasteiger partial charge in [-0.1, -0.05) is 24.3 Å². The second-order valence-electron chi connectivity index (χ2n) is 7.36. The van der Waals surface area contributed by atoms with E-state index in [0.717, 1.165) is 29.7 Å². The Morgan fingerprint density at radius 3 is 2.78 bits per heavy atom. The van der Waals surface area contributed by atoms with Crippen LogP contribution < -0.4 is 10.5 Å². The van der Waals surface area contributed by atoms with Crippen LogP contribution in [0, 0.1) is 0 Å². The number of ether oxygens (including phenoxy) is 1. The van der Waals surface area contributed by atoms with Gasteiger partial charge >= 0.3 is 0 Å². The Hall–Kier alpha value is -2.79. The highest BCUT2D eigenvalue weighted by Gasteiger charge is 2.43. The molecule has 0 aromatic heterocycles. The van der Waals surface area contributed by atoms with Crippen LogP contribution in [-0.2, 0) is 16.8 Å². The summed E-state index contributed by atoms with van der Waals surface area (Å²) < 4.78 is 5.92. The van der Waals surface area contributed by atoms with Gasteiger partial charge in [0.05, 0.1) is 6.61 Å². The molecule has 2 aromatic carbocycles. The SMILES string of the molecule is NCc1ccc2c(c1)C1(CCN(C(=O)/C=C/c3cccc(O)c3)CC1)CO2. The van der Waals surface area contributed by atoms with Crippen LogP contribution >= 0.6 is 0 Å². The Kier molecular flexibility index (Phi) is 4.62. The molecule has 1 spiro atoms. The molecule has 0 saturated carbocycles. The molecule has 5 nitrogen and oxygen atoms in total. The fourth-order valence-electron chi connectivity index (χ4n) is 4.01. The Balaban J connectivity index is 1.43. The number of rotatable bonds is 3. The summed E-state index contributed by atoms with van der Waals surface area (Å²) >= 11 is 0. The number of likely N-dealkylation sites (tertiary alicyclic amines) is 1. The summed E-state index contributed by atoms with van der Waals surface area (Å²) in [6, 6.07) is 13.1. The molecule has 5 heteroatoms. The summed E-state index contributed by atoms with van der Waals surface area (Å²) in [6.07, 6.45) is 5.10. The molecule has 0 atom stereocenters. The van der Waals surface area contributed by atoms with Crippen LogP contribution in [0.2, 0.25) is 0 Å². The number of nitrogens with zero attached hydrogens (tertiary/aromatic N) is 1. The quantitative estimate of drug-likeness (QED) is 0.821. The number of benzene rings is 2. The van der Waals surface area contributed by atoms with Crippen molar-refractivity contribution in [2.24, 2.45) is 5.73 Å². The van der Waals surface area contributed by atoms with Crippen LogP contribution in [0.15, 0.2) is 48.5 Å². The molecule has 27 heavy (non-hydrogen) atoms. The predicted octanol–water partition coefficient (Wildman–Crippen LogP) is 2.82. The molecule has 1 saturated heterocycles. The number of nitrogens with two attached hydrogens (primary N) is 1. The number of fused-ring (bicyclic) bond motifs is 2. The summed E-state index contributed by atoms with van der Waals surface area (Å²) in [5.41, 5.74) is 8.96. The average molecular weight is 364 g/mol. The van der Waals surface area contributed by atoms with E-state index >= 15 is 0 Å². The first-order valence-electron chi connectivity index (χ1n) is 9.32. The number of phenols is 1. The fourth-order valence-corrected chi connectivity index (χ4v) is 4.01. The number of piperidine rings is 1. The zero-order chi connectivity index (χ0) is 18.9. The summed E-state index contributed by atoms with van der Waals surface area (Å²) in [5, 5.41) is 9.51. The van der Waals surface area contributed by atoms with Crippen LogP contribution in [0.1, 0.15) is 29.5 Å². The lowest BCUT2D eigenvalue weighted by molar-refractivity contribution is -0.127. The number of aromatic hydroxyl groups is 1. The third kappa shape index (κ3) is 3.43. The first-order valence-corrected chi connectivity index (χ1v) is 9.32. The molecular weight excluding hydrogens is 340 g/mol. The van der Waals surface area contributed by atoms with Gasteiger partial charge in [0.25, 0.3) is 0 Å². The van der Waals surface area contributed by atoms with E-state index in [2.05, 4.69) is 6.07 Å². The summed E-state index contributed by atoms with van der Waals surface area (Å²) in [7, 11) is 0. The van der Waals surface area contributed by atoms with Crippen molar-refractivity contribution in [1.82, 2.24) is 4.90 Å². The van der Waals surface area contributed by atoms with Crippen LogP contribution in [0.25, 0.3) is 6.08 Å². The van der Waals surface area contributed by atoms with Gasteiger partial charge < -0.3 is 20.5 Å². The molecule has 1 amide bonds. The lowest BCUT2D eigenvalue weighted by Gasteiger charge is -2.38. The third-order valence-corrected chi connectivity index (χ3v) is 5.68. The van der Waals surface area contributed by atoms with Gasteiger partial charge in [-0.3, -0.25) is 4.79 Å². The van der Waals surface area contributed by atoms with Gasteiger partial charge in [-0.05, 0) is 48.2 Å². The number of phenolic OH excluding ortho intramolecular Hbond substituents is 1. The van der Waals surface area contributed by atoms with E-state index in [4.69, 9.17) is 10.5 Å². The summed E-state index contributed by atoms with van der Waals surface area (Å²) in [4.78, 5) is 14.4. The van der Waals surface area contributed by atoms with Gasteiger partial charge in [0, 0.05) is 36.7 Å². The topological polar surface area (TPSA) is 75.8 Å². The van der Waals surface area contributed by atoms with Crippen molar-refractivity contribution in [1.29, 1.82) is 0 Å². The van der Waals surface area contributed by atoms with Gasteiger partial charge in [-0.2, -0.15) is 0 Å². The van der Waals surface area contributed by atoms with Crippen molar-refractivity contribution >= 4 is 12.0 Å². The second-order valence-corrected chi connectivity index (χ2v) is 7.36. The van der Waals surface area contributed by atoms with E-state index in [1.54, 1.807) is 30.4 Å². The molecule has 1 fully saturated rings. The van der Waals surface area contributed by atoms with Crippen molar-refractivity contribution in [3.05, 3.63) is 65.2 Å². The third-order valence-electron chi connectivity index (χ3n) is 5.68. The molecule has 3 N–H and O–H groups in total. The summed E-state index contributed by atoms with van der Waals surface area (Å²) in [5.74, 6) is 1.15. The number of amides is 1. The van der Waals surface area contributed by atoms with Gasteiger partial charge in [0.2, 0.25) is 5.91 Å². The first kappa shape index (κ1) is 17.6. The molecule has 2 aliphatic rings. The maximum atomic E-state index is 12.5. The van der Waals surface area contributed by atoms with Crippen LogP contribution in [0.5, 0.6) is 11.5 Å². The molecule has 2 aromatic rings. The molecule has 4 rings (SSSR count). The maximum absolute atomic E-state index is 12.5. The highest BCUT2D eigenvalue weighted by Crippen LogP contribution is 2.45. The molecular formula is C22H24N2O3. The minimum atomic E-state index is -0.00771. The zero-order valence-corrected chi connectivity index (χ0v) is 15.2. The highest BCUT2D eigenvalue weighted by atomic mass is 16.5. The molecule has 0 aliphatic carbocycles. The van der Waals surface area contributed by atoms with Crippen molar-refractivity contribution < 1.29 is 14.6 Å². The highest BCUT2D eigenvalue weighted by molar-refractivity contribution is 5.91. The number of hydrogen-bond acceptors (Lipinski definition) is 4. The monoisotopic (exact) mass is 364 g/mol. The van der Waals surface area contributed by atoms with Crippen LogP contribution in [0.4, 0.5) is 0 Å². The van der Waals surface area contributed by atoms with E-state index < -0.39 is 0 Å². The Morgan fingerprint density at radius 2 is 2.04 bits per heavy atom. The Labute approximate surface area is 159 Å². The van der Waals surface area contributed by atoms with Gasteiger partial charge in [-0.15, -0.1) is 0 Å². The minimum absolute atomic E-state index is 0.00282. The largest absolute Gasteiger partial charge is 0.508 e. The van der Waals surface area contributed by atoms with Crippen molar-refractivity contribution in [3.63, 3.8) is 0 Å². The second kappa shape index (κ2) is 7.08. The maximum Gasteiger partial charge on any atom is 0.246 e. The minimum Gasteiger partial charge on any atom is -0.508 e. The average Bonchev–Trinajstić information content (AvgIpc) is 3.04. The van der Waals surface area contributed by atoms with E-state index in [-0.39, 0.29) is 17.1 Å². The first-order chi connectivity index (χ1) is 13.1. The lowest BCUT2D eigenvalue weighted by atomic mass is 9.74.